The van der Waals surface area contributed by atoms with Gasteiger partial charge in [0.05, 0.1) is 6.61 Å². The van der Waals surface area contributed by atoms with Crippen molar-refractivity contribution >= 4 is 5.91 Å². The normalized spacial score (nSPS) is 24.2. The molecule has 1 saturated carbocycles. The van der Waals surface area contributed by atoms with Gasteiger partial charge in [0.25, 0.3) is 0 Å². The van der Waals surface area contributed by atoms with Crippen LogP contribution in [0.25, 0.3) is 0 Å². The summed E-state index contributed by atoms with van der Waals surface area (Å²) in [5.41, 5.74) is 5.67. The fraction of sp³-hybridized carbons (Fsp3) is 0.923. The maximum atomic E-state index is 11.9. The molecule has 0 aromatic rings. The van der Waals surface area contributed by atoms with Crippen LogP contribution in [0.15, 0.2) is 0 Å². The standard InChI is InChI=1S/C13H26N2O2/c1-10(2)9-17-7-6-15-13(16)12-5-3-4-11(12)8-14/h10-12H,3-9,14H2,1-2H3,(H,15,16). The third-order valence-corrected chi connectivity index (χ3v) is 3.30. The third kappa shape index (κ3) is 5.04. The van der Waals surface area contributed by atoms with Crippen LogP contribution in [0.1, 0.15) is 33.1 Å². The number of hydrogen-bond donors (Lipinski definition) is 2. The van der Waals surface area contributed by atoms with Gasteiger partial charge in [-0.05, 0) is 31.2 Å². The van der Waals surface area contributed by atoms with Gasteiger partial charge in [-0.1, -0.05) is 20.3 Å². The van der Waals surface area contributed by atoms with Crippen LogP contribution in [0.2, 0.25) is 0 Å². The van der Waals surface area contributed by atoms with E-state index in [9.17, 15) is 4.79 Å². The molecular weight excluding hydrogens is 216 g/mol. The summed E-state index contributed by atoms with van der Waals surface area (Å²) >= 11 is 0. The predicted octanol–water partition coefficient (Wildman–Crippen LogP) is 1.15. The van der Waals surface area contributed by atoms with E-state index in [4.69, 9.17) is 10.5 Å². The van der Waals surface area contributed by atoms with Crippen LogP contribution in [0, 0.1) is 17.8 Å². The smallest absolute Gasteiger partial charge is 0.223 e. The predicted molar refractivity (Wildman–Crippen MR) is 68.6 cm³/mol. The van der Waals surface area contributed by atoms with Gasteiger partial charge in [0, 0.05) is 19.1 Å². The van der Waals surface area contributed by atoms with E-state index in [2.05, 4.69) is 19.2 Å². The highest BCUT2D eigenvalue weighted by Crippen LogP contribution is 2.30. The summed E-state index contributed by atoms with van der Waals surface area (Å²) in [6.45, 7) is 6.82. The summed E-state index contributed by atoms with van der Waals surface area (Å²) in [4.78, 5) is 11.9. The molecule has 0 aliphatic heterocycles. The molecule has 0 aromatic carbocycles. The van der Waals surface area contributed by atoms with Crippen LogP contribution in [-0.4, -0.2) is 32.2 Å². The Morgan fingerprint density at radius 2 is 2.24 bits per heavy atom. The van der Waals surface area contributed by atoms with Crippen molar-refractivity contribution in [2.45, 2.75) is 33.1 Å². The highest BCUT2D eigenvalue weighted by atomic mass is 16.5. The topological polar surface area (TPSA) is 64.3 Å². The van der Waals surface area contributed by atoms with Gasteiger partial charge >= 0.3 is 0 Å². The Morgan fingerprint density at radius 1 is 1.47 bits per heavy atom. The minimum Gasteiger partial charge on any atom is -0.379 e. The molecule has 0 aromatic heterocycles. The lowest BCUT2D eigenvalue weighted by atomic mass is 9.95. The quantitative estimate of drug-likeness (QED) is 0.658. The summed E-state index contributed by atoms with van der Waals surface area (Å²) in [6, 6.07) is 0. The number of rotatable bonds is 7. The summed E-state index contributed by atoms with van der Waals surface area (Å²) in [5.74, 6) is 1.21. The number of ether oxygens (including phenoxy) is 1. The molecule has 100 valence electrons. The number of carbonyl (C=O) groups is 1. The molecule has 3 N–H and O–H groups in total. The van der Waals surface area contributed by atoms with E-state index in [1.165, 1.54) is 0 Å². The largest absolute Gasteiger partial charge is 0.379 e. The Kier molecular flexibility index (Phi) is 6.52. The Balaban J connectivity index is 2.12. The molecule has 2 atom stereocenters. The monoisotopic (exact) mass is 242 g/mol. The zero-order valence-corrected chi connectivity index (χ0v) is 11.1. The zero-order valence-electron chi connectivity index (χ0n) is 11.1. The van der Waals surface area contributed by atoms with E-state index in [-0.39, 0.29) is 11.8 Å². The van der Waals surface area contributed by atoms with Gasteiger partial charge in [0.2, 0.25) is 5.91 Å². The Hall–Kier alpha value is -0.610. The Bertz CT molecular complexity index is 231. The van der Waals surface area contributed by atoms with Crippen LogP contribution in [0.4, 0.5) is 0 Å². The van der Waals surface area contributed by atoms with Crippen molar-refractivity contribution in [3.8, 4) is 0 Å². The number of nitrogens with one attached hydrogen (secondary N) is 1. The minimum atomic E-state index is 0.130. The summed E-state index contributed by atoms with van der Waals surface area (Å²) in [5, 5.41) is 2.94. The molecule has 1 rings (SSSR count). The van der Waals surface area contributed by atoms with Crippen LogP contribution in [0.5, 0.6) is 0 Å². The van der Waals surface area contributed by atoms with Crippen LogP contribution in [-0.2, 0) is 9.53 Å². The Morgan fingerprint density at radius 3 is 2.88 bits per heavy atom. The molecule has 4 heteroatoms. The van der Waals surface area contributed by atoms with Crippen molar-refractivity contribution in [3.05, 3.63) is 0 Å². The van der Waals surface area contributed by atoms with Crippen molar-refractivity contribution in [2.24, 2.45) is 23.5 Å². The molecule has 1 aliphatic carbocycles. The third-order valence-electron chi connectivity index (χ3n) is 3.30. The van der Waals surface area contributed by atoms with Gasteiger partial charge in [-0.25, -0.2) is 0 Å². The fourth-order valence-electron chi connectivity index (χ4n) is 2.36. The van der Waals surface area contributed by atoms with E-state index < -0.39 is 0 Å². The minimum absolute atomic E-state index is 0.130. The average molecular weight is 242 g/mol. The highest BCUT2D eigenvalue weighted by molar-refractivity contribution is 5.79. The van der Waals surface area contributed by atoms with E-state index in [0.717, 1.165) is 25.9 Å². The van der Waals surface area contributed by atoms with Crippen LogP contribution < -0.4 is 11.1 Å². The van der Waals surface area contributed by atoms with Crippen molar-refractivity contribution in [3.63, 3.8) is 0 Å². The van der Waals surface area contributed by atoms with E-state index in [0.29, 0.717) is 31.5 Å². The average Bonchev–Trinajstić information content (AvgIpc) is 2.75. The second-order valence-corrected chi connectivity index (χ2v) is 5.29. The number of carbonyl (C=O) groups excluding carboxylic acids is 1. The first-order valence-corrected chi connectivity index (χ1v) is 6.70. The van der Waals surface area contributed by atoms with Crippen molar-refractivity contribution in [1.29, 1.82) is 0 Å². The maximum Gasteiger partial charge on any atom is 0.223 e. The van der Waals surface area contributed by atoms with E-state index in [1.54, 1.807) is 0 Å². The van der Waals surface area contributed by atoms with Gasteiger partial charge in [0.15, 0.2) is 0 Å². The fourth-order valence-corrected chi connectivity index (χ4v) is 2.36. The second-order valence-electron chi connectivity index (χ2n) is 5.29. The summed E-state index contributed by atoms with van der Waals surface area (Å²) in [6.07, 6.45) is 3.21. The molecule has 0 bridgehead atoms. The molecule has 17 heavy (non-hydrogen) atoms. The highest BCUT2D eigenvalue weighted by Gasteiger charge is 2.31. The zero-order chi connectivity index (χ0) is 12.7. The molecular formula is C13H26N2O2. The first kappa shape index (κ1) is 14.5. The number of amides is 1. The van der Waals surface area contributed by atoms with Gasteiger partial charge in [-0.15, -0.1) is 0 Å². The number of hydrogen-bond acceptors (Lipinski definition) is 3. The molecule has 0 spiro atoms. The van der Waals surface area contributed by atoms with Gasteiger partial charge in [-0.2, -0.15) is 0 Å². The van der Waals surface area contributed by atoms with Crippen LogP contribution in [0.3, 0.4) is 0 Å². The van der Waals surface area contributed by atoms with Gasteiger partial charge in [-0.3, -0.25) is 4.79 Å². The molecule has 0 saturated heterocycles. The maximum absolute atomic E-state index is 11.9. The SMILES string of the molecule is CC(C)COCCNC(=O)C1CCCC1CN. The summed E-state index contributed by atoms with van der Waals surface area (Å²) < 4.78 is 5.42. The first-order valence-electron chi connectivity index (χ1n) is 6.70. The summed E-state index contributed by atoms with van der Waals surface area (Å²) in [7, 11) is 0. The Labute approximate surface area is 104 Å². The molecule has 2 unspecified atom stereocenters. The van der Waals surface area contributed by atoms with Crippen molar-refractivity contribution in [2.75, 3.05) is 26.3 Å². The molecule has 4 nitrogen and oxygen atoms in total. The second kappa shape index (κ2) is 7.67. The van der Waals surface area contributed by atoms with Gasteiger partial charge < -0.3 is 15.8 Å². The lowest BCUT2D eigenvalue weighted by Crippen LogP contribution is -2.36. The van der Waals surface area contributed by atoms with Crippen molar-refractivity contribution < 1.29 is 9.53 Å². The molecule has 1 fully saturated rings. The van der Waals surface area contributed by atoms with E-state index in [1.807, 2.05) is 0 Å². The lowest BCUT2D eigenvalue weighted by molar-refractivity contribution is -0.126. The van der Waals surface area contributed by atoms with Crippen molar-refractivity contribution in [1.82, 2.24) is 5.32 Å². The van der Waals surface area contributed by atoms with E-state index >= 15 is 0 Å². The molecule has 0 heterocycles. The molecule has 1 amide bonds. The van der Waals surface area contributed by atoms with Gasteiger partial charge in [0.1, 0.15) is 0 Å². The number of nitrogens with two attached hydrogens (primary N) is 1. The molecule has 1 aliphatic rings. The first-order chi connectivity index (χ1) is 8.15. The lowest BCUT2D eigenvalue weighted by Gasteiger charge is -2.17. The van der Waals surface area contributed by atoms with Crippen LogP contribution >= 0.6 is 0 Å². The molecule has 0 radical (unpaired) electrons.